The summed E-state index contributed by atoms with van der Waals surface area (Å²) in [5, 5.41) is 27.3. The van der Waals surface area contributed by atoms with Crippen LogP contribution < -0.4 is 24.3 Å². The highest BCUT2D eigenvalue weighted by atomic mass is 35.5. The number of oxime groups is 1. The first-order valence-corrected chi connectivity index (χ1v) is 20.8. The molecule has 3 N–H and O–H groups in total. The Morgan fingerprint density at radius 2 is 1.78 bits per heavy atom. The number of hydrogen-bond acceptors (Lipinski definition) is 12. The first-order valence-electron chi connectivity index (χ1n) is 20.3. The van der Waals surface area contributed by atoms with Crippen molar-refractivity contribution in [2.45, 2.75) is 89.1 Å². The van der Waals surface area contributed by atoms with Crippen LogP contribution in [-0.2, 0) is 14.3 Å². The predicted molar refractivity (Wildman–Crippen MR) is 225 cm³/mol. The number of aliphatic hydroxyl groups is 2. The fourth-order valence-corrected chi connectivity index (χ4v) is 8.56. The Bertz CT molecular complexity index is 1830. The van der Waals surface area contributed by atoms with Crippen LogP contribution >= 0.6 is 11.6 Å². The normalized spacial score (nSPS) is 23.8. The van der Waals surface area contributed by atoms with Gasteiger partial charge in [-0.2, -0.15) is 0 Å². The molecule has 59 heavy (non-hydrogen) atoms. The molecule has 0 saturated heterocycles. The topological polar surface area (TPSA) is 167 Å². The molecule has 14 nitrogen and oxygen atoms in total. The zero-order valence-corrected chi connectivity index (χ0v) is 35.8. The molecule has 0 spiro atoms. The van der Waals surface area contributed by atoms with E-state index < -0.39 is 35.5 Å². The predicted octanol–water partition coefficient (Wildman–Crippen LogP) is 8.05. The van der Waals surface area contributed by atoms with E-state index in [-0.39, 0.29) is 62.2 Å². The van der Waals surface area contributed by atoms with Crippen LogP contribution in [0.2, 0.25) is 0 Å². The Labute approximate surface area is 352 Å². The summed E-state index contributed by atoms with van der Waals surface area (Å²) in [6.07, 6.45) is 7.05. The van der Waals surface area contributed by atoms with E-state index in [0.29, 0.717) is 41.5 Å². The van der Waals surface area contributed by atoms with Crippen LogP contribution in [-0.4, -0.2) is 104 Å². The lowest BCUT2D eigenvalue weighted by Crippen LogP contribution is -2.69. The molecule has 0 bridgehead atoms. The van der Waals surface area contributed by atoms with E-state index in [1.54, 1.807) is 50.6 Å². The maximum absolute atomic E-state index is 13.7. The van der Waals surface area contributed by atoms with Crippen LogP contribution in [0.5, 0.6) is 23.0 Å². The Morgan fingerprint density at radius 1 is 1.05 bits per heavy atom. The molecule has 6 atom stereocenters. The summed E-state index contributed by atoms with van der Waals surface area (Å²) in [5.74, 6) is -0.516. The van der Waals surface area contributed by atoms with Crippen molar-refractivity contribution in [1.82, 2.24) is 4.90 Å². The number of allylic oxidation sites excluding steroid dienone is 1. The molecular weight excluding hydrogens is 782 g/mol. The average molecular weight is 842 g/mol. The molecule has 15 heteroatoms. The third-order valence-corrected chi connectivity index (χ3v) is 11.1. The molecule has 2 aliphatic carbocycles. The Kier molecular flexibility index (Phi) is 16.0. The lowest BCUT2D eigenvalue weighted by molar-refractivity contribution is -0.253. The number of nitrogens with one attached hydrogen (secondary N) is 1. The molecule has 0 radical (unpaired) electrons. The largest absolute Gasteiger partial charge is 0.497 e. The monoisotopic (exact) mass is 841 g/mol. The number of rotatable bonds is 19. The number of likely N-dealkylation sites (N-methyl/N-ethyl adjacent to an activating group) is 1. The van der Waals surface area contributed by atoms with Gasteiger partial charge in [-0.25, -0.2) is 9.59 Å². The van der Waals surface area contributed by atoms with Crippen LogP contribution in [0.4, 0.5) is 15.3 Å². The van der Waals surface area contributed by atoms with E-state index in [1.807, 2.05) is 26.8 Å². The number of benzene rings is 2. The number of halogens is 1. The molecule has 1 saturated carbocycles. The molecule has 2 amide bonds. The van der Waals surface area contributed by atoms with Crippen LogP contribution in [0.1, 0.15) is 77.2 Å². The van der Waals surface area contributed by atoms with Gasteiger partial charge in [-0.3, -0.25) is 5.32 Å². The van der Waals surface area contributed by atoms with E-state index in [9.17, 15) is 19.8 Å². The maximum atomic E-state index is 13.7. The van der Waals surface area contributed by atoms with Crippen molar-refractivity contribution in [3.05, 3.63) is 66.3 Å². The number of ether oxygens (including phenoxy) is 6. The first-order chi connectivity index (χ1) is 28.3. The standard InChI is InChI=1S/C44H60ClN3O11/c1-8-22-56-44-38(48(5)42(52)55-23-19-45)27-35(47-59-43(2,3)4)32-24-28(13-9-11-20-49)31(14-10-12-21-50)39(40(32)44)33-25-30(16-18-36(33)58-44)57-41(51)46-34-17-15-29(53-6)26-37(34)54-7/h8,15-18,24-26,28,31,38-40,49-50H,1,9-14,19-23,27H2,2-7H3,(H,46,51). The number of hydrogen-bond donors (Lipinski definition) is 3. The van der Waals surface area contributed by atoms with Gasteiger partial charge in [-0.05, 0) is 94.2 Å². The minimum atomic E-state index is -1.47. The quantitative estimate of drug-likeness (QED) is 0.0542. The Morgan fingerprint density at radius 3 is 2.44 bits per heavy atom. The van der Waals surface area contributed by atoms with Gasteiger partial charge >= 0.3 is 12.2 Å². The number of nitrogens with zero attached hydrogens (tertiary/aromatic N) is 2. The molecule has 5 rings (SSSR count). The highest BCUT2D eigenvalue weighted by Crippen LogP contribution is 2.62. The highest BCUT2D eigenvalue weighted by Gasteiger charge is 2.65. The Hall–Kier alpha value is -4.50. The number of aliphatic hydroxyl groups excluding tert-OH is 2. The number of anilines is 1. The van der Waals surface area contributed by atoms with Crippen molar-refractivity contribution < 1.29 is 53.1 Å². The van der Waals surface area contributed by atoms with Crippen molar-refractivity contribution >= 4 is 35.2 Å². The van der Waals surface area contributed by atoms with Crippen LogP contribution in [0.25, 0.3) is 0 Å². The summed E-state index contributed by atoms with van der Waals surface area (Å²) in [4.78, 5) is 34.8. The van der Waals surface area contributed by atoms with Gasteiger partial charge in [-0.1, -0.05) is 30.1 Å². The summed E-state index contributed by atoms with van der Waals surface area (Å²) < 4.78 is 36.2. The van der Waals surface area contributed by atoms with Gasteiger partial charge in [0.25, 0.3) is 0 Å². The van der Waals surface area contributed by atoms with E-state index in [0.717, 1.165) is 36.8 Å². The number of carbonyl (C=O) groups is 2. The van der Waals surface area contributed by atoms with Gasteiger partial charge in [0.05, 0.1) is 44.0 Å². The van der Waals surface area contributed by atoms with Gasteiger partial charge < -0.3 is 48.4 Å². The molecule has 1 fully saturated rings. The molecular formula is C44H60ClN3O11. The van der Waals surface area contributed by atoms with E-state index in [1.165, 1.54) is 12.0 Å². The highest BCUT2D eigenvalue weighted by molar-refractivity contribution is 6.18. The summed E-state index contributed by atoms with van der Waals surface area (Å²) in [5.41, 5.74) is 2.07. The van der Waals surface area contributed by atoms with Crippen molar-refractivity contribution in [3.63, 3.8) is 0 Å². The lowest BCUT2D eigenvalue weighted by Gasteiger charge is -2.59. The average Bonchev–Trinajstić information content (AvgIpc) is 3.22. The number of fused-ring (bicyclic) bond motifs is 2. The number of methoxy groups -OCH3 is 2. The van der Waals surface area contributed by atoms with Crippen molar-refractivity contribution in [2.24, 2.45) is 22.9 Å². The van der Waals surface area contributed by atoms with E-state index >= 15 is 0 Å². The second kappa shape index (κ2) is 20.7. The summed E-state index contributed by atoms with van der Waals surface area (Å²) in [7, 11) is 4.69. The van der Waals surface area contributed by atoms with Gasteiger partial charge in [0.1, 0.15) is 41.2 Å². The zero-order valence-electron chi connectivity index (χ0n) is 35.0. The SMILES string of the molecule is C=CCOC12Oc3ccc(OC(=O)Nc4ccc(OC)cc4OC)cc3C3C(CCCCO)C(CCCCO)C=C(C(=NOC(C)(C)C)CC1N(C)C(=O)OCCCl)C32. The van der Waals surface area contributed by atoms with E-state index in [2.05, 4.69) is 18.0 Å². The van der Waals surface area contributed by atoms with Gasteiger partial charge in [0.15, 0.2) is 0 Å². The minimum absolute atomic E-state index is 0.0109. The molecule has 0 aromatic heterocycles. The third kappa shape index (κ3) is 10.6. The van der Waals surface area contributed by atoms with Crippen molar-refractivity contribution in [3.8, 4) is 23.0 Å². The van der Waals surface area contributed by atoms with E-state index in [4.69, 9.17) is 50.0 Å². The summed E-state index contributed by atoms with van der Waals surface area (Å²) in [6.45, 7) is 9.93. The van der Waals surface area contributed by atoms with Gasteiger partial charge in [0, 0.05) is 44.2 Å². The molecule has 1 aliphatic heterocycles. The third-order valence-electron chi connectivity index (χ3n) is 11.0. The Balaban J connectivity index is 1.70. The fraction of sp³-hybridized carbons (Fsp3) is 0.568. The maximum Gasteiger partial charge on any atom is 0.417 e. The zero-order chi connectivity index (χ0) is 42.7. The number of carbonyl (C=O) groups excluding carboxylic acids is 2. The molecule has 3 aliphatic rings. The first kappa shape index (κ1) is 45.6. The molecule has 6 unspecified atom stereocenters. The summed E-state index contributed by atoms with van der Waals surface area (Å²) >= 11 is 5.93. The molecule has 324 valence electrons. The molecule has 1 heterocycles. The van der Waals surface area contributed by atoms with Crippen molar-refractivity contribution in [2.75, 3.05) is 58.9 Å². The molecule has 2 aromatic carbocycles. The van der Waals surface area contributed by atoms with Crippen LogP contribution in [0, 0.1) is 17.8 Å². The lowest BCUT2D eigenvalue weighted by atomic mass is 9.55. The number of alkyl halides is 1. The minimum Gasteiger partial charge on any atom is -0.497 e. The second-order valence-corrected chi connectivity index (χ2v) is 16.3. The number of unbranched alkanes of at least 4 members (excludes halogenated alkanes) is 2. The summed E-state index contributed by atoms with van der Waals surface area (Å²) in [6, 6.07) is 9.51. The van der Waals surface area contributed by atoms with Gasteiger partial charge in [0.2, 0.25) is 5.79 Å². The van der Waals surface area contributed by atoms with Gasteiger partial charge in [-0.15, -0.1) is 18.2 Å². The smallest absolute Gasteiger partial charge is 0.417 e. The fourth-order valence-electron chi connectivity index (χ4n) is 8.48. The second-order valence-electron chi connectivity index (χ2n) is 16.0. The molecule has 2 aromatic rings. The van der Waals surface area contributed by atoms with Crippen molar-refractivity contribution in [1.29, 1.82) is 0 Å². The van der Waals surface area contributed by atoms with Crippen LogP contribution in [0.15, 0.2) is 65.9 Å². The number of amides is 2. The van der Waals surface area contributed by atoms with Crippen LogP contribution in [0.3, 0.4) is 0 Å².